The van der Waals surface area contributed by atoms with Gasteiger partial charge in [-0.2, -0.15) is 4.98 Å². The third-order valence-corrected chi connectivity index (χ3v) is 2.26. The Labute approximate surface area is 99.0 Å². The zero-order valence-electron chi connectivity index (χ0n) is 9.17. The van der Waals surface area contributed by atoms with Crippen LogP contribution in [0.4, 0.5) is 17.5 Å². The molecule has 2 rings (SSSR count). The number of nitrogen functional groups attached to an aromatic ring is 3. The lowest BCUT2D eigenvalue weighted by Crippen LogP contribution is -2.06. The largest absolute Gasteiger partial charge is 0.394 e. The Kier molecular flexibility index (Phi) is 2.91. The van der Waals surface area contributed by atoms with E-state index in [1.807, 2.05) is 36.4 Å². The predicted molar refractivity (Wildman–Crippen MR) is 70.6 cm³/mol. The lowest BCUT2D eigenvalue weighted by Gasteiger charge is -2.03. The van der Waals surface area contributed by atoms with E-state index in [1.54, 1.807) is 6.08 Å². The van der Waals surface area contributed by atoms with E-state index in [-0.39, 0.29) is 11.8 Å². The van der Waals surface area contributed by atoms with Gasteiger partial charge in [0.15, 0.2) is 5.82 Å². The molecule has 0 aliphatic rings. The molecule has 0 saturated heterocycles. The van der Waals surface area contributed by atoms with Crippen LogP contribution in [0.5, 0.6) is 0 Å². The molecule has 86 valence electrons. The maximum atomic E-state index is 5.76. The van der Waals surface area contributed by atoms with Crippen LogP contribution in [-0.4, -0.2) is 9.97 Å². The first-order chi connectivity index (χ1) is 8.16. The number of rotatable bonds is 2. The Hall–Kier alpha value is -2.56. The molecule has 1 aromatic heterocycles. The van der Waals surface area contributed by atoms with E-state index in [2.05, 4.69) is 9.97 Å². The highest BCUT2D eigenvalue weighted by atomic mass is 15.1. The summed E-state index contributed by atoms with van der Waals surface area (Å²) in [7, 11) is 0. The molecule has 0 atom stereocenters. The van der Waals surface area contributed by atoms with Gasteiger partial charge in [-0.3, -0.25) is 0 Å². The molecule has 5 heteroatoms. The van der Waals surface area contributed by atoms with Crippen LogP contribution in [0.1, 0.15) is 11.3 Å². The molecule has 1 aromatic carbocycles. The first kappa shape index (κ1) is 10.9. The van der Waals surface area contributed by atoms with Crippen LogP contribution in [0.25, 0.3) is 12.2 Å². The maximum absolute atomic E-state index is 5.76. The summed E-state index contributed by atoms with van der Waals surface area (Å²) in [6.45, 7) is 0. The molecule has 0 radical (unpaired) electrons. The molecular formula is C12H13N5. The van der Waals surface area contributed by atoms with Gasteiger partial charge in [0.25, 0.3) is 0 Å². The number of aromatic nitrogens is 2. The topological polar surface area (TPSA) is 104 Å². The monoisotopic (exact) mass is 227 g/mol. The molecule has 6 N–H and O–H groups in total. The molecular weight excluding hydrogens is 214 g/mol. The lowest BCUT2D eigenvalue weighted by molar-refractivity contribution is 1.18. The zero-order chi connectivity index (χ0) is 12.3. The zero-order valence-corrected chi connectivity index (χ0v) is 9.17. The molecule has 0 bridgehead atoms. The smallest absolute Gasteiger partial charge is 0.222 e. The summed E-state index contributed by atoms with van der Waals surface area (Å²) in [5.41, 5.74) is 18.8. The molecule has 0 fully saturated rings. The quantitative estimate of drug-likeness (QED) is 0.719. The SMILES string of the molecule is Nc1nc(N)c(N)c(C=Cc2ccccc2)n1. The van der Waals surface area contributed by atoms with E-state index in [0.29, 0.717) is 11.4 Å². The van der Waals surface area contributed by atoms with Gasteiger partial charge in [0.2, 0.25) is 5.95 Å². The summed E-state index contributed by atoms with van der Waals surface area (Å²) in [5, 5.41) is 0. The highest BCUT2D eigenvalue weighted by Gasteiger charge is 2.04. The summed E-state index contributed by atoms with van der Waals surface area (Å²) in [6, 6.07) is 9.80. The fourth-order valence-corrected chi connectivity index (χ4v) is 1.39. The average Bonchev–Trinajstić information content (AvgIpc) is 2.33. The second-order valence-electron chi connectivity index (χ2n) is 3.51. The Bertz CT molecular complexity index is 548. The van der Waals surface area contributed by atoms with Crippen LogP contribution in [-0.2, 0) is 0 Å². The minimum absolute atomic E-state index is 0.115. The number of nitrogens with zero attached hydrogens (tertiary/aromatic N) is 2. The lowest BCUT2D eigenvalue weighted by atomic mass is 10.2. The minimum Gasteiger partial charge on any atom is -0.394 e. The fraction of sp³-hybridized carbons (Fsp3) is 0. The molecule has 0 saturated carbocycles. The maximum Gasteiger partial charge on any atom is 0.222 e. The fourth-order valence-electron chi connectivity index (χ4n) is 1.39. The molecule has 5 nitrogen and oxygen atoms in total. The van der Waals surface area contributed by atoms with Crippen molar-refractivity contribution < 1.29 is 0 Å². The molecule has 0 amide bonds. The van der Waals surface area contributed by atoms with Crippen LogP contribution < -0.4 is 17.2 Å². The number of hydrogen-bond donors (Lipinski definition) is 3. The molecule has 0 aliphatic carbocycles. The standard InChI is InChI=1S/C12H13N5/c13-10-9(16-12(15)17-11(10)14)7-6-8-4-2-1-3-5-8/h1-7H,13H2,(H4,14,15,16,17). The van der Waals surface area contributed by atoms with Gasteiger partial charge < -0.3 is 17.2 Å². The predicted octanol–water partition coefficient (Wildman–Crippen LogP) is 1.39. The summed E-state index contributed by atoms with van der Waals surface area (Å²) in [6.07, 6.45) is 3.65. The Balaban J connectivity index is 2.33. The van der Waals surface area contributed by atoms with E-state index in [4.69, 9.17) is 17.2 Å². The Morgan fingerprint density at radius 1 is 0.882 bits per heavy atom. The van der Waals surface area contributed by atoms with E-state index in [0.717, 1.165) is 5.56 Å². The molecule has 0 spiro atoms. The van der Waals surface area contributed by atoms with Gasteiger partial charge >= 0.3 is 0 Å². The summed E-state index contributed by atoms with van der Waals surface area (Å²) >= 11 is 0. The second-order valence-corrected chi connectivity index (χ2v) is 3.51. The van der Waals surface area contributed by atoms with Gasteiger partial charge in [-0.15, -0.1) is 0 Å². The third-order valence-electron chi connectivity index (χ3n) is 2.26. The van der Waals surface area contributed by atoms with Crippen LogP contribution in [0.15, 0.2) is 30.3 Å². The average molecular weight is 227 g/mol. The van der Waals surface area contributed by atoms with E-state index in [9.17, 15) is 0 Å². The normalized spacial score (nSPS) is 10.8. The second kappa shape index (κ2) is 4.52. The van der Waals surface area contributed by atoms with Gasteiger partial charge in [0, 0.05) is 0 Å². The van der Waals surface area contributed by atoms with Crippen molar-refractivity contribution in [2.45, 2.75) is 0 Å². The van der Waals surface area contributed by atoms with Crippen LogP contribution in [0, 0.1) is 0 Å². The molecule has 0 unspecified atom stereocenters. The minimum atomic E-state index is 0.115. The molecule has 17 heavy (non-hydrogen) atoms. The summed E-state index contributed by atoms with van der Waals surface area (Å²) in [4.78, 5) is 7.80. The van der Waals surface area contributed by atoms with Gasteiger partial charge in [-0.05, 0) is 11.6 Å². The highest BCUT2D eigenvalue weighted by molar-refractivity contribution is 5.78. The number of benzene rings is 1. The first-order valence-electron chi connectivity index (χ1n) is 5.08. The van der Waals surface area contributed by atoms with Crippen LogP contribution in [0.2, 0.25) is 0 Å². The van der Waals surface area contributed by atoms with Crippen molar-refractivity contribution in [3.05, 3.63) is 41.6 Å². The molecule has 0 aliphatic heterocycles. The van der Waals surface area contributed by atoms with E-state index < -0.39 is 0 Å². The highest BCUT2D eigenvalue weighted by Crippen LogP contribution is 2.19. The van der Waals surface area contributed by atoms with Crippen molar-refractivity contribution in [2.24, 2.45) is 0 Å². The van der Waals surface area contributed by atoms with Gasteiger partial charge in [0.05, 0.1) is 5.69 Å². The Morgan fingerprint density at radius 2 is 1.59 bits per heavy atom. The van der Waals surface area contributed by atoms with Crippen molar-refractivity contribution in [1.29, 1.82) is 0 Å². The van der Waals surface area contributed by atoms with Gasteiger partial charge in [-0.1, -0.05) is 36.4 Å². The van der Waals surface area contributed by atoms with Crippen molar-refractivity contribution in [3.63, 3.8) is 0 Å². The summed E-state index contributed by atoms with van der Waals surface area (Å²) in [5.74, 6) is 0.314. The van der Waals surface area contributed by atoms with Gasteiger partial charge in [0.1, 0.15) is 5.69 Å². The van der Waals surface area contributed by atoms with Crippen LogP contribution in [0.3, 0.4) is 0 Å². The van der Waals surface area contributed by atoms with E-state index >= 15 is 0 Å². The van der Waals surface area contributed by atoms with E-state index in [1.165, 1.54) is 0 Å². The third kappa shape index (κ3) is 2.52. The summed E-state index contributed by atoms with van der Waals surface area (Å²) < 4.78 is 0. The van der Waals surface area contributed by atoms with Crippen molar-refractivity contribution in [1.82, 2.24) is 9.97 Å². The number of anilines is 3. The van der Waals surface area contributed by atoms with Gasteiger partial charge in [-0.25, -0.2) is 4.98 Å². The Morgan fingerprint density at radius 3 is 2.29 bits per heavy atom. The first-order valence-corrected chi connectivity index (χ1v) is 5.08. The van der Waals surface area contributed by atoms with Crippen molar-refractivity contribution in [2.75, 3.05) is 17.2 Å². The number of hydrogen-bond acceptors (Lipinski definition) is 5. The molecule has 1 heterocycles. The van der Waals surface area contributed by atoms with Crippen molar-refractivity contribution >= 4 is 29.6 Å². The van der Waals surface area contributed by atoms with Crippen LogP contribution >= 0.6 is 0 Å². The molecule has 2 aromatic rings. The number of nitrogens with two attached hydrogens (primary N) is 3. The van der Waals surface area contributed by atoms with Crippen molar-refractivity contribution in [3.8, 4) is 0 Å².